The van der Waals surface area contributed by atoms with Crippen molar-refractivity contribution in [1.82, 2.24) is 5.32 Å². The molecule has 1 saturated heterocycles. The summed E-state index contributed by atoms with van der Waals surface area (Å²) in [5.41, 5.74) is 0. The molecule has 2 aliphatic heterocycles. The van der Waals surface area contributed by atoms with Crippen molar-refractivity contribution in [3.8, 4) is 0 Å². The van der Waals surface area contributed by atoms with Crippen LogP contribution >= 0.6 is 0 Å². The molecule has 1 fully saturated rings. The molecular formula is C15H23NO16S2. The SMILES string of the molecule is CC(=O)NC1C(O)OC(COS(=O)(=O)O)[C@@H](O[C@@H]2OC(C(=O)O)=C[C@H](O)C2OS(=O)(=O)O)[C@@H]1C. The maximum Gasteiger partial charge on any atom is 0.397 e. The summed E-state index contributed by atoms with van der Waals surface area (Å²) in [6, 6.07) is -1.19. The Balaban J connectivity index is 2.41. The topological polar surface area (TPSA) is 262 Å². The molecule has 196 valence electrons. The first-order valence-corrected chi connectivity index (χ1v) is 12.0. The highest BCUT2D eigenvalue weighted by Gasteiger charge is 2.49. The number of carbonyl (C=O) groups is 2. The number of hydrogen-bond donors (Lipinski definition) is 6. The van der Waals surface area contributed by atoms with E-state index < -0.39 is 94.0 Å². The molecule has 1 amide bonds. The minimum atomic E-state index is -5.22. The maximum atomic E-state index is 11.5. The van der Waals surface area contributed by atoms with E-state index in [2.05, 4.69) is 13.7 Å². The highest BCUT2D eigenvalue weighted by Crippen LogP contribution is 2.32. The molecule has 2 aliphatic rings. The molecule has 0 saturated carbocycles. The van der Waals surface area contributed by atoms with Gasteiger partial charge in [0.1, 0.15) is 12.2 Å². The van der Waals surface area contributed by atoms with E-state index in [4.69, 9.17) is 28.4 Å². The highest BCUT2D eigenvalue weighted by atomic mass is 32.3. The van der Waals surface area contributed by atoms with E-state index in [0.29, 0.717) is 6.08 Å². The molecule has 6 N–H and O–H groups in total. The number of ether oxygens (including phenoxy) is 3. The Morgan fingerprint density at radius 1 is 1.12 bits per heavy atom. The van der Waals surface area contributed by atoms with Gasteiger partial charge in [-0.25, -0.2) is 13.2 Å². The highest BCUT2D eigenvalue weighted by molar-refractivity contribution is 7.81. The first-order valence-electron chi connectivity index (χ1n) is 9.32. The van der Waals surface area contributed by atoms with Crippen LogP contribution in [0.5, 0.6) is 0 Å². The Bertz CT molecular complexity index is 1010. The van der Waals surface area contributed by atoms with Gasteiger partial charge in [0.05, 0.1) is 18.8 Å². The van der Waals surface area contributed by atoms with Crippen molar-refractivity contribution in [2.45, 2.75) is 56.9 Å². The number of aliphatic hydroxyl groups is 2. The molecule has 0 bridgehead atoms. The summed E-state index contributed by atoms with van der Waals surface area (Å²) >= 11 is 0. The van der Waals surface area contributed by atoms with Gasteiger partial charge in [-0.05, 0) is 6.08 Å². The average molecular weight is 537 g/mol. The molecule has 0 aromatic heterocycles. The summed E-state index contributed by atoms with van der Waals surface area (Å²) in [6.45, 7) is 1.53. The van der Waals surface area contributed by atoms with Crippen molar-refractivity contribution in [3.63, 3.8) is 0 Å². The third-order valence-electron chi connectivity index (χ3n) is 4.73. The second-order valence-electron chi connectivity index (χ2n) is 7.26. The van der Waals surface area contributed by atoms with E-state index in [9.17, 15) is 36.6 Å². The van der Waals surface area contributed by atoms with Crippen LogP contribution in [0.3, 0.4) is 0 Å². The third-order valence-corrected chi connectivity index (χ3v) is 5.63. The smallest absolute Gasteiger partial charge is 0.397 e. The number of carbonyl (C=O) groups excluding carboxylic acids is 1. The zero-order valence-electron chi connectivity index (χ0n) is 17.4. The lowest BCUT2D eigenvalue weighted by Gasteiger charge is -2.45. The van der Waals surface area contributed by atoms with E-state index in [-0.39, 0.29) is 0 Å². The molecule has 0 radical (unpaired) electrons. The molecule has 2 rings (SSSR count). The summed E-state index contributed by atoms with van der Waals surface area (Å²) in [7, 11) is -10.2. The fourth-order valence-corrected chi connectivity index (χ4v) is 4.14. The molecule has 0 aromatic carbocycles. The molecule has 2 heterocycles. The van der Waals surface area contributed by atoms with Crippen LogP contribution in [0.2, 0.25) is 0 Å². The molecule has 0 spiro atoms. The zero-order valence-corrected chi connectivity index (χ0v) is 19.1. The first-order chi connectivity index (χ1) is 15.5. The summed E-state index contributed by atoms with van der Waals surface area (Å²) < 4.78 is 86.6. The van der Waals surface area contributed by atoms with Gasteiger partial charge in [-0.3, -0.25) is 13.9 Å². The van der Waals surface area contributed by atoms with Crippen LogP contribution in [0.25, 0.3) is 0 Å². The third kappa shape index (κ3) is 7.80. The predicted molar refractivity (Wildman–Crippen MR) is 103 cm³/mol. The first kappa shape index (κ1) is 28.3. The Labute approximate surface area is 193 Å². The van der Waals surface area contributed by atoms with Crippen molar-refractivity contribution in [2.24, 2.45) is 5.92 Å². The van der Waals surface area contributed by atoms with Crippen LogP contribution < -0.4 is 5.32 Å². The van der Waals surface area contributed by atoms with Gasteiger partial charge in [-0.2, -0.15) is 16.8 Å². The van der Waals surface area contributed by atoms with Crippen LogP contribution in [0.1, 0.15) is 13.8 Å². The lowest BCUT2D eigenvalue weighted by atomic mass is 9.88. The zero-order chi connectivity index (χ0) is 26.0. The van der Waals surface area contributed by atoms with E-state index in [1.807, 2.05) is 0 Å². The van der Waals surface area contributed by atoms with Crippen LogP contribution in [-0.2, 0) is 53.0 Å². The second kappa shape index (κ2) is 10.8. The predicted octanol–water partition coefficient (Wildman–Crippen LogP) is -3.08. The standard InChI is InChI=1S/C15H23NO16S2/c1-5-10(16-6(2)17)14(21)29-9(4-28-33(22,23)24)11(5)31-15-12(32-34(25,26)27)7(18)3-8(30-15)13(19)20/h3,5,7,9-12,14-15,18,21H,4H2,1-2H3,(H,16,17)(H,19,20)(H,22,23,24)(H,25,26,27)/t5-,7+,9?,10?,11+,12?,14?,15+/m1/s1. The van der Waals surface area contributed by atoms with E-state index in [0.717, 1.165) is 6.92 Å². The molecule has 8 atom stereocenters. The Morgan fingerprint density at radius 2 is 1.74 bits per heavy atom. The van der Waals surface area contributed by atoms with Crippen molar-refractivity contribution in [2.75, 3.05) is 6.61 Å². The number of aliphatic carboxylic acids is 1. The van der Waals surface area contributed by atoms with E-state index in [1.54, 1.807) is 0 Å². The number of rotatable bonds is 9. The largest absolute Gasteiger partial charge is 0.475 e. The van der Waals surface area contributed by atoms with Crippen molar-refractivity contribution in [3.05, 3.63) is 11.8 Å². The molecule has 0 aromatic rings. The maximum absolute atomic E-state index is 11.5. The van der Waals surface area contributed by atoms with Crippen LogP contribution in [-0.4, -0.2) is 103 Å². The Hall–Kier alpha value is -1.94. The molecular weight excluding hydrogens is 514 g/mol. The monoisotopic (exact) mass is 537 g/mol. The fraction of sp³-hybridized carbons (Fsp3) is 0.733. The number of hydrogen-bond acceptors (Lipinski definition) is 13. The lowest BCUT2D eigenvalue weighted by Crippen LogP contribution is -2.62. The van der Waals surface area contributed by atoms with Crippen molar-refractivity contribution in [1.29, 1.82) is 0 Å². The molecule has 19 heteroatoms. The average Bonchev–Trinajstić information content (AvgIpc) is 2.66. The summed E-state index contributed by atoms with van der Waals surface area (Å²) in [4.78, 5) is 22.8. The van der Waals surface area contributed by atoms with Gasteiger partial charge in [0.2, 0.25) is 18.0 Å². The van der Waals surface area contributed by atoms with Gasteiger partial charge in [-0.15, -0.1) is 0 Å². The number of amides is 1. The summed E-state index contributed by atoms with van der Waals surface area (Å²) in [5.74, 6) is -4.18. The minimum Gasteiger partial charge on any atom is -0.475 e. The normalized spacial score (nSPS) is 34.6. The molecule has 17 nitrogen and oxygen atoms in total. The van der Waals surface area contributed by atoms with E-state index in [1.165, 1.54) is 6.92 Å². The second-order valence-corrected chi connectivity index (χ2v) is 9.40. The molecule has 0 aliphatic carbocycles. The summed E-state index contributed by atoms with van der Waals surface area (Å²) in [5, 5.41) is 31.9. The lowest BCUT2D eigenvalue weighted by molar-refractivity contribution is -0.293. The number of carboxylic acids is 1. The summed E-state index contributed by atoms with van der Waals surface area (Å²) in [6.07, 6.45) is -10.3. The van der Waals surface area contributed by atoms with Crippen LogP contribution in [0.4, 0.5) is 0 Å². The van der Waals surface area contributed by atoms with Crippen molar-refractivity contribution >= 4 is 32.7 Å². The van der Waals surface area contributed by atoms with E-state index >= 15 is 0 Å². The van der Waals surface area contributed by atoms with Gasteiger partial charge >= 0.3 is 26.8 Å². The van der Waals surface area contributed by atoms with Gasteiger partial charge < -0.3 is 34.8 Å². The van der Waals surface area contributed by atoms with Crippen LogP contribution in [0, 0.1) is 5.92 Å². The molecule has 34 heavy (non-hydrogen) atoms. The number of nitrogens with one attached hydrogen (secondary N) is 1. The Kier molecular flexibility index (Phi) is 8.96. The Morgan fingerprint density at radius 3 is 2.24 bits per heavy atom. The van der Waals surface area contributed by atoms with Gasteiger partial charge in [0, 0.05) is 12.8 Å². The van der Waals surface area contributed by atoms with Crippen LogP contribution in [0.15, 0.2) is 11.8 Å². The number of carboxylic acid groups (broad SMARTS) is 1. The van der Waals surface area contributed by atoms with Gasteiger partial charge in [0.25, 0.3) is 0 Å². The quantitative estimate of drug-likeness (QED) is 0.159. The minimum absolute atomic E-state index is 0.571. The fourth-order valence-electron chi connectivity index (χ4n) is 3.35. The van der Waals surface area contributed by atoms with Gasteiger partial charge in [-0.1, -0.05) is 6.92 Å². The van der Waals surface area contributed by atoms with Crippen molar-refractivity contribution < 1.29 is 73.4 Å². The van der Waals surface area contributed by atoms with Gasteiger partial charge in [0.15, 0.2) is 12.4 Å². The molecule has 4 unspecified atom stereocenters. The number of aliphatic hydroxyl groups excluding tert-OH is 2.